The monoisotopic (exact) mass is 440 g/mol. The summed E-state index contributed by atoms with van der Waals surface area (Å²) < 4.78 is 3.74. The molecule has 4 aromatic rings. The van der Waals surface area contributed by atoms with Crippen LogP contribution in [0.4, 0.5) is 5.82 Å². The van der Waals surface area contributed by atoms with Gasteiger partial charge >= 0.3 is 0 Å². The maximum Gasteiger partial charge on any atom is 0.129 e. The van der Waals surface area contributed by atoms with Crippen molar-refractivity contribution in [3.05, 3.63) is 54.7 Å². The van der Waals surface area contributed by atoms with Gasteiger partial charge in [-0.05, 0) is 43.9 Å². The van der Waals surface area contributed by atoms with E-state index in [9.17, 15) is 0 Å². The summed E-state index contributed by atoms with van der Waals surface area (Å²) in [5, 5.41) is 8.94. The van der Waals surface area contributed by atoms with Gasteiger partial charge in [0.2, 0.25) is 0 Å². The minimum atomic E-state index is 0.321. The van der Waals surface area contributed by atoms with Crippen molar-refractivity contribution >= 4 is 17.5 Å². The highest BCUT2D eigenvalue weighted by Crippen LogP contribution is 2.39. The Balaban J connectivity index is 1.44. The second kappa shape index (κ2) is 7.81. The Labute approximate surface area is 192 Å². The first-order valence-electron chi connectivity index (χ1n) is 11.5. The third kappa shape index (κ3) is 3.41. The smallest absolute Gasteiger partial charge is 0.129 e. The maximum atomic E-state index is 6.27. The van der Waals surface area contributed by atoms with Crippen molar-refractivity contribution in [2.75, 3.05) is 11.9 Å². The van der Waals surface area contributed by atoms with Crippen LogP contribution in [0.5, 0.6) is 0 Å². The molecule has 2 unspecified atom stereocenters. The fourth-order valence-corrected chi connectivity index (χ4v) is 5.62. The number of hydrogen-bond acceptors (Lipinski definition) is 6. The Morgan fingerprint density at radius 3 is 2.48 bits per heavy atom. The highest BCUT2D eigenvalue weighted by Gasteiger charge is 2.40. The molecule has 2 bridgehead atoms. The first-order valence-corrected chi connectivity index (χ1v) is 11.5. The van der Waals surface area contributed by atoms with Gasteiger partial charge in [-0.2, -0.15) is 10.2 Å². The van der Waals surface area contributed by atoms with E-state index in [1.807, 2.05) is 53.4 Å². The number of piperidine rings is 1. The first kappa shape index (κ1) is 20.1. The minimum absolute atomic E-state index is 0.321. The topological polar surface area (TPSA) is 89.6 Å². The Bertz CT molecular complexity index is 1320. The molecule has 0 aromatic carbocycles. The average Bonchev–Trinajstić information content (AvgIpc) is 3.50. The zero-order valence-corrected chi connectivity index (χ0v) is 19.0. The quantitative estimate of drug-likeness (QED) is 0.492. The zero-order chi connectivity index (χ0) is 22.5. The van der Waals surface area contributed by atoms with Gasteiger partial charge < -0.3 is 10.6 Å². The molecule has 2 saturated heterocycles. The lowest BCUT2D eigenvalue weighted by Gasteiger charge is -2.38. The zero-order valence-electron chi connectivity index (χ0n) is 19.0. The highest BCUT2D eigenvalue weighted by molar-refractivity contribution is 5.97. The lowest BCUT2D eigenvalue weighted by molar-refractivity contribution is 0.412. The van der Waals surface area contributed by atoms with Gasteiger partial charge in [-0.3, -0.25) is 9.67 Å². The number of nitrogens with two attached hydrogens (primary N) is 1. The summed E-state index contributed by atoms with van der Waals surface area (Å²) in [5.41, 5.74) is 12.5. The molecule has 8 nitrogen and oxygen atoms in total. The number of aryl methyl sites for hydroxylation is 1. The van der Waals surface area contributed by atoms with Crippen molar-refractivity contribution in [3.63, 3.8) is 0 Å². The summed E-state index contributed by atoms with van der Waals surface area (Å²) >= 11 is 0. The fourth-order valence-electron chi connectivity index (χ4n) is 5.62. The van der Waals surface area contributed by atoms with E-state index in [1.165, 1.54) is 12.8 Å². The number of nitrogens with zero attached hydrogens (tertiary/aromatic N) is 7. The Kier molecular flexibility index (Phi) is 4.76. The van der Waals surface area contributed by atoms with Crippen LogP contribution in [0, 0.1) is 0 Å². The van der Waals surface area contributed by atoms with Crippen LogP contribution in [-0.2, 0) is 7.05 Å². The van der Waals surface area contributed by atoms with E-state index < -0.39 is 0 Å². The van der Waals surface area contributed by atoms with Gasteiger partial charge in [0.25, 0.3) is 0 Å². The van der Waals surface area contributed by atoms with E-state index in [1.54, 1.807) is 7.05 Å². The first-order chi connectivity index (χ1) is 16.1. The normalized spacial score (nSPS) is 22.6. The molecule has 4 aromatic heterocycles. The Morgan fingerprint density at radius 2 is 1.82 bits per heavy atom. The molecule has 8 heteroatoms. The van der Waals surface area contributed by atoms with Crippen molar-refractivity contribution in [3.8, 4) is 22.3 Å². The molecular weight excluding hydrogens is 412 g/mol. The number of aliphatic imine (C=N–C) groups is 1. The van der Waals surface area contributed by atoms with Crippen LogP contribution in [0.15, 0.2) is 54.2 Å². The van der Waals surface area contributed by atoms with Crippen LogP contribution in [0.3, 0.4) is 0 Å². The summed E-state index contributed by atoms with van der Waals surface area (Å²) in [6.07, 6.45) is 16.2. The third-order valence-electron chi connectivity index (χ3n) is 7.04. The van der Waals surface area contributed by atoms with E-state index in [4.69, 9.17) is 10.7 Å². The molecule has 2 aliphatic heterocycles. The van der Waals surface area contributed by atoms with Crippen LogP contribution in [0.25, 0.3) is 27.8 Å². The molecular formula is C25H28N8. The molecule has 0 amide bonds. The van der Waals surface area contributed by atoms with Gasteiger partial charge in [-0.1, -0.05) is 0 Å². The van der Waals surface area contributed by atoms with E-state index in [2.05, 4.69) is 38.3 Å². The lowest BCUT2D eigenvalue weighted by atomic mass is 9.98. The number of fused-ring (bicyclic) bond motifs is 3. The SMILES string of the molecule is CN=Cc1cnn2cc(-c3cnn(C)c3)cc(-c3ccc(N4C5CC[C@@H]4CC(N)C5)nc3)c12. The van der Waals surface area contributed by atoms with Crippen LogP contribution in [-0.4, -0.2) is 55.8 Å². The number of hydrogen-bond donors (Lipinski definition) is 1. The molecule has 0 radical (unpaired) electrons. The Morgan fingerprint density at radius 1 is 1.00 bits per heavy atom. The van der Waals surface area contributed by atoms with E-state index in [0.717, 1.165) is 52.0 Å². The van der Waals surface area contributed by atoms with Gasteiger partial charge in [0.15, 0.2) is 0 Å². The molecule has 2 fully saturated rings. The minimum Gasteiger partial charge on any atom is -0.351 e. The van der Waals surface area contributed by atoms with Crippen LogP contribution in [0.1, 0.15) is 31.2 Å². The van der Waals surface area contributed by atoms with E-state index in [0.29, 0.717) is 18.1 Å². The van der Waals surface area contributed by atoms with Crippen molar-refractivity contribution < 1.29 is 0 Å². The van der Waals surface area contributed by atoms with Crippen molar-refractivity contribution in [1.29, 1.82) is 0 Å². The number of aromatic nitrogens is 5. The molecule has 2 N–H and O–H groups in total. The maximum absolute atomic E-state index is 6.27. The van der Waals surface area contributed by atoms with Crippen molar-refractivity contribution in [1.82, 2.24) is 24.4 Å². The van der Waals surface area contributed by atoms with Gasteiger partial charge in [0, 0.05) is 84.8 Å². The molecule has 0 spiro atoms. The summed E-state index contributed by atoms with van der Waals surface area (Å²) in [5.74, 6) is 1.06. The second-order valence-corrected chi connectivity index (χ2v) is 9.25. The van der Waals surface area contributed by atoms with E-state index in [-0.39, 0.29) is 0 Å². The summed E-state index contributed by atoms with van der Waals surface area (Å²) in [4.78, 5) is 11.7. The number of anilines is 1. The lowest BCUT2D eigenvalue weighted by Crippen LogP contribution is -2.47. The molecule has 168 valence electrons. The molecule has 2 aliphatic rings. The molecule has 3 atom stereocenters. The van der Waals surface area contributed by atoms with Crippen LogP contribution >= 0.6 is 0 Å². The summed E-state index contributed by atoms with van der Waals surface area (Å²) in [7, 11) is 3.71. The fraction of sp³-hybridized carbons (Fsp3) is 0.360. The molecule has 0 saturated carbocycles. The van der Waals surface area contributed by atoms with Crippen LogP contribution < -0.4 is 10.6 Å². The number of pyridine rings is 2. The van der Waals surface area contributed by atoms with Crippen molar-refractivity contribution in [2.24, 2.45) is 17.8 Å². The summed E-state index contributed by atoms with van der Waals surface area (Å²) in [6, 6.07) is 7.89. The van der Waals surface area contributed by atoms with Gasteiger partial charge in [0.05, 0.1) is 17.9 Å². The van der Waals surface area contributed by atoms with E-state index >= 15 is 0 Å². The molecule has 0 aliphatic carbocycles. The van der Waals surface area contributed by atoms with Gasteiger partial charge in [0.1, 0.15) is 5.82 Å². The van der Waals surface area contributed by atoms with Gasteiger partial charge in [-0.15, -0.1) is 0 Å². The Hall–Kier alpha value is -3.52. The predicted molar refractivity (Wildman–Crippen MR) is 131 cm³/mol. The number of rotatable bonds is 4. The highest BCUT2D eigenvalue weighted by atomic mass is 15.3. The molecule has 6 rings (SSSR count). The standard InChI is InChI=1S/C25H28N8/c1-27-10-18-12-30-32-15-17(19-13-29-31(2)14-19)7-23(25(18)32)16-3-6-24(28-11-16)33-21-4-5-22(33)9-20(26)8-21/h3,6-7,10-15,20-22H,4-5,8-9,26H2,1-2H3/t20?,21-,22?/m1/s1. The average molecular weight is 441 g/mol. The second-order valence-electron chi connectivity index (χ2n) is 9.25. The predicted octanol–water partition coefficient (Wildman–Crippen LogP) is 3.30. The molecule has 6 heterocycles. The third-order valence-corrected chi connectivity index (χ3v) is 7.04. The van der Waals surface area contributed by atoms with Crippen molar-refractivity contribution in [2.45, 2.75) is 43.8 Å². The van der Waals surface area contributed by atoms with Crippen LogP contribution in [0.2, 0.25) is 0 Å². The largest absolute Gasteiger partial charge is 0.351 e. The molecule has 33 heavy (non-hydrogen) atoms. The van der Waals surface area contributed by atoms with Gasteiger partial charge in [-0.25, -0.2) is 9.50 Å². The summed E-state index contributed by atoms with van der Waals surface area (Å²) in [6.45, 7) is 0.